The van der Waals surface area contributed by atoms with Crippen molar-refractivity contribution in [3.63, 3.8) is 0 Å². The van der Waals surface area contributed by atoms with E-state index in [0.717, 1.165) is 43.2 Å². The molecule has 1 saturated carbocycles. The van der Waals surface area contributed by atoms with E-state index in [9.17, 15) is 19.2 Å². The molecule has 4 atom stereocenters. The molecule has 1 saturated heterocycles. The fourth-order valence-electron chi connectivity index (χ4n) is 9.87. The van der Waals surface area contributed by atoms with Gasteiger partial charge >= 0.3 is 6.09 Å². The quantitative estimate of drug-likeness (QED) is 0.0480. The predicted molar refractivity (Wildman–Crippen MR) is 303 cm³/mol. The van der Waals surface area contributed by atoms with Gasteiger partial charge in [0.15, 0.2) is 5.58 Å². The number of fused-ring (bicyclic) bond motifs is 2. The van der Waals surface area contributed by atoms with Gasteiger partial charge in [0.05, 0.1) is 63.3 Å². The van der Waals surface area contributed by atoms with E-state index in [1.807, 2.05) is 77.1 Å². The standard InChI is InChI=1S/C60H70N10O11/c1-38(63-56(72)42-13-11-40(12-14-42)41-15-17-44(18-16-41)66-59(74)81-60(3,4)5)49-35-54(65-39(2)64-49)70-51-10-8-7-9-43(51)33-52(70)57(73)61-25-26-75-27-28-76-29-30-77-31-32-78-47-20-19-45(62-36-47)37-79-46-21-23-53-50(34-46)67-58(80-53)48-22-24-55(71)69(6)68-48/h11-24,34-36,38,43,51-52H,7-10,25-33,37H2,1-6H3,(H,61,73)(H,63,72)(H,66,74)/t38-,43-,51-,52-/m0/s1. The number of rotatable bonds is 24. The molecule has 426 valence electrons. The molecular formula is C60H70N10O11. The Morgan fingerprint density at radius 2 is 1.48 bits per heavy atom. The Kier molecular flexibility index (Phi) is 19.0. The molecule has 5 heterocycles. The van der Waals surface area contributed by atoms with Crippen LogP contribution in [0.1, 0.15) is 93.4 Å². The van der Waals surface area contributed by atoms with Crippen LogP contribution in [0.25, 0.3) is 33.8 Å². The van der Waals surface area contributed by atoms with E-state index in [2.05, 4.69) is 35.9 Å². The molecule has 81 heavy (non-hydrogen) atoms. The van der Waals surface area contributed by atoms with E-state index in [-0.39, 0.29) is 30.0 Å². The summed E-state index contributed by atoms with van der Waals surface area (Å²) in [7, 11) is 1.57. The molecule has 0 spiro atoms. The normalized spacial score (nSPS) is 16.4. The molecule has 1 aliphatic heterocycles. The number of anilines is 2. The van der Waals surface area contributed by atoms with Crippen LogP contribution in [0.4, 0.5) is 16.3 Å². The first kappa shape index (κ1) is 57.4. The molecule has 1 aliphatic carbocycles. The summed E-state index contributed by atoms with van der Waals surface area (Å²) in [5.41, 5.74) is 5.14. The average molecular weight is 1110 g/mol. The van der Waals surface area contributed by atoms with Crippen molar-refractivity contribution in [2.75, 3.05) is 63.0 Å². The number of amides is 3. The largest absolute Gasteiger partial charge is 0.490 e. The van der Waals surface area contributed by atoms with Crippen molar-refractivity contribution in [1.29, 1.82) is 0 Å². The van der Waals surface area contributed by atoms with Crippen molar-refractivity contribution >= 4 is 40.5 Å². The van der Waals surface area contributed by atoms with Gasteiger partial charge in [0.2, 0.25) is 11.8 Å². The van der Waals surface area contributed by atoms with E-state index in [1.165, 1.54) is 10.7 Å². The van der Waals surface area contributed by atoms with E-state index in [4.69, 9.17) is 42.8 Å². The third-order valence-electron chi connectivity index (χ3n) is 13.8. The smallest absolute Gasteiger partial charge is 0.412 e. The van der Waals surface area contributed by atoms with Gasteiger partial charge in [-0.05, 0) is 126 Å². The minimum absolute atomic E-state index is 0.0615. The Hall–Kier alpha value is -8.27. The van der Waals surface area contributed by atoms with Crippen molar-refractivity contribution < 1.29 is 47.2 Å². The van der Waals surface area contributed by atoms with Crippen LogP contribution in [-0.2, 0) is 37.4 Å². The molecule has 7 aromatic rings. The molecule has 3 aromatic carbocycles. The van der Waals surface area contributed by atoms with Gasteiger partial charge in [-0.1, -0.05) is 37.1 Å². The third kappa shape index (κ3) is 15.8. The molecule has 0 radical (unpaired) electrons. The van der Waals surface area contributed by atoms with Crippen LogP contribution < -0.4 is 35.9 Å². The van der Waals surface area contributed by atoms with Gasteiger partial charge in [0.1, 0.15) is 59.2 Å². The topological polar surface area (TPSA) is 246 Å². The molecule has 3 N–H and O–H groups in total. The molecule has 21 heteroatoms. The Labute approximate surface area is 470 Å². The molecule has 3 amide bonds. The van der Waals surface area contributed by atoms with Crippen molar-refractivity contribution in [3.8, 4) is 34.2 Å². The van der Waals surface area contributed by atoms with Gasteiger partial charge in [0, 0.05) is 49.1 Å². The summed E-state index contributed by atoms with van der Waals surface area (Å²) in [4.78, 5) is 72.1. The molecule has 0 unspecified atom stereocenters. The molecular weight excluding hydrogens is 1040 g/mol. The maximum absolute atomic E-state index is 13.9. The molecule has 2 aliphatic rings. The second kappa shape index (κ2) is 26.8. The minimum atomic E-state index is -0.599. The number of hydrogen-bond acceptors (Lipinski definition) is 17. The molecule has 21 nitrogen and oxygen atoms in total. The van der Waals surface area contributed by atoms with E-state index >= 15 is 0 Å². The van der Waals surface area contributed by atoms with Crippen molar-refractivity contribution in [3.05, 3.63) is 136 Å². The van der Waals surface area contributed by atoms with E-state index in [1.54, 1.807) is 61.8 Å². The number of aryl methyl sites for hydroxylation is 2. The third-order valence-corrected chi connectivity index (χ3v) is 13.8. The van der Waals surface area contributed by atoms with Gasteiger partial charge in [-0.3, -0.25) is 24.7 Å². The van der Waals surface area contributed by atoms with Crippen molar-refractivity contribution in [1.82, 2.24) is 40.3 Å². The highest BCUT2D eigenvalue weighted by Gasteiger charge is 2.46. The lowest BCUT2D eigenvalue weighted by atomic mass is 9.84. The van der Waals surface area contributed by atoms with Gasteiger partial charge in [-0.25, -0.2) is 24.4 Å². The van der Waals surface area contributed by atoms with Gasteiger partial charge in [-0.15, -0.1) is 0 Å². The Balaban J connectivity index is 0.648. The Morgan fingerprint density at radius 1 is 0.778 bits per heavy atom. The summed E-state index contributed by atoms with van der Waals surface area (Å²) < 4.78 is 41.3. The van der Waals surface area contributed by atoms with Crippen LogP contribution in [0.3, 0.4) is 0 Å². The van der Waals surface area contributed by atoms with Crippen molar-refractivity contribution in [2.24, 2.45) is 13.0 Å². The van der Waals surface area contributed by atoms with Crippen LogP contribution in [0.15, 0.2) is 112 Å². The zero-order valence-electron chi connectivity index (χ0n) is 46.6. The van der Waals surface area contributed by atoms with Crippen molar-refractivity contribution in [2.45, 2.75) is 97.1 Å². The number of ether oxygens (including phenoxy) is 6. The van der Waals surface area contributed by atoms with Crippen LogP contribution in [0.5, 0.6) is 11.5 Å². The lowest BCUT2D eigenvalue weighted by molar-refractivity contribution is -0.122. The second-order valence-corrected chi connectivity index (χ2v) is 21.0. The summed E-state index contributed by atoms with van der Waals surface area (Å²) in [5.74, 6) is 2.84. The number of aromatic nitrogens is 6. The Bertz CT molecular complexity index is 3310. The summed E-state index contributed by atoms with van der Waals surface area (Å²) in [6.45, 7) is 12.4. The fraction of sp³-hybridized carbons (Fsp3) is 0.417. The van der Waals surface area contributed by atoms with E-state index in [0.29, 0.717) is 127 Å². The number of carbonyl (C=O) groups is 3. The molecule has 0 bridgehead atoms. The monoisotopic (exact) mass is 1110 g/mol. The van der Waals surface area contributed by atoms with Gasteiger partial charge in [0.25, 0.3) is 11.5 Å². The number of benzene rings is 3. The number of hydrogen-bond donors (Lipinski definition) is 3. The highest BCUT2D eigenvalue weighted by atomic mass is 16.6. The summed E-state index contributed by atoms with van der Waals surface area (Å²) >= 11 is 0. The van der Waals surface area contributed by atoms with Gasteiger partial charge in [-0.2, -0.15) is 5.10 Å². The number of carbonyl (C=O) groups excluding carboxylic acids is 3. The van der Waals surface area contributed by atoms with Crippen LogP contribution >= 0.6 is 0 Å². The Morgan fingerprint density at radius 3 is 2.20 bits per heavy atom. The first-order chi connectivity index (χ1) is 39.1. The first-order valence-electron chi connectivity index (χ1n) is 27.4. The minimum Gasteiger partial charge on any atom is -0.490 e. The highest BCUT2D eigenvalue weighted by Crippen LogP contribution is 2.42. The van der Waals surface area contributed by atoms with Crippen LogP contribution in [0, 0.1) is 12.8 Å². The van der Waals surface area contributed by atoms with E-state index < -0.39 is 23.8 Å². The summed E-state index contributed by atoms with van der Waals surface area (Å²) in [6.07, 6.45) is 6.12. The lowest BCUT2D eigenvalue weighted by Crippen LogP contribution is -2.48. The average Bonchev–Trinajstić information content (AvgIpc) is 4.25. The molecule has 2 fully saturated rings. The van der Waals surface area contributed by atoms with Crippen LogP contribution in [0.2, 0.25) is 0 Å². The summed E-state index contributed by atoms with van der Waals surface area (Å²) in [5, 5.41) is 13.2. The first-order valence-corrected chi connectivity index (χ1v) is 27.4. The molecule has 4 aromatic heterocycles. The zero-order chi connectivity index (χ0) is 56.9. The fourth-order valence-corrected chi connectivity index (χ4v) is 9.87. The van der Waals surface area contributed by atoms with Gasteiger partial charge < -0.3 is 48.4 Å². The van der Waals surface area contributed by atoms with Crippen LogP contribution in [-0.4, -0.2) is 118 Å². The maximum Gasteiger partial charge on any atom is 0.412 e. The number of oxazole rings is 1. The highest BCUT2D eigenvalue weighted by molar-refractivity contribution is 5.95. The zero-order valence-corrected chi connectivity index (χ0v) is 46.6. The summed E-state index contributed by atoms with van der Waals surface area (Å²) in [6, 6.07) is 28.0. The SMILES string of the molecule is Cc1nc([C@H](C)NC(=O)c2ccc(-c3ccc(NC(=O)OC(C)(C)C)cc3)cc2)cc(N2[C@H](C(=O)NCCOCCOCCOCCOc3ccc(COc4ccc5oc(-c6ccc(=O)n(C)n6)nc5c4)nc3)C[C@@H]3CCCC[C@@H]32)n1. The number of nitrogens with zero attached hydrogens (tertiary/aromatic N) is 7. The number of pyridine rings is 1. The number of nitrogens with one attached hydrogen (secondary N) is 3. The maximum atomic E-state index is 13.9. The predicted octanol–water partition coefficient (Wildman–Crippen LogP) is 8.55. The molecule has 9 rings (SSSR count). The second-order valence-electron chi connectivity index (χ2n) is 21.0. The lowest BCUT2D eigenvalue weighted by Gasteiger charge is -2.35.